The van der Waals surface area contributed by atoms with Crippen molar-refractivity contribution < 1.29 is 28.2 Å². The largest absolute Gasteiger partial charge is 0.508 e. The molecule has 0 aliphatic carbocycles. The minimum Gasteiger partial charge on any atom is -0.508 e. The average Bonchev–Trinajstić information content (AvgIpc) is 3.50. The standard InChI is InChI=1S/C25H23NO6/c1-29-22-10-15-7-8-26(12-16(15)11-23(22)30-2)13-17-19(27)5-6-20-24(17)18(14-32-20)25(28)21-4-3-9-31-21/h3-6,9-11,14,27H,7-8,12-13H2,1-2H3. The molecule has 3 heterocycles. The van der Waals surface area contributed by atoms with E-state index in [4.69, 9.17) is 18.3 Å². The summed E-state index contributed by atoms with van der Waals surface area (Å²) in [4.78, 5) is 15.2. The van der Waals surface area contributed by atoms with Gasteiger partial charge in [-0.2, -0.15) is 0 Å². The zero-order valence-corrected chi connectivity index (χ0v) is 17.9. The summed E-state index contributed by atoms with van der Waals surface area (Å²) in [6.07, 6.45) is 3.74. The summed E-state index contributed by atoms with van der Waals surface area (Å²) in [6.45, 7) is 1.96. The van der Waals surface area contributed by atoms with Crippen molar-refractivity contribution in [2.75, 3.05) is 20.8 Å². The van der Waals surface area contributed by atoms with Gasteiger partial charge in [0.15, 0.2) is 17.3 Å². The van der Waals surface area contributed by atoms with Crippen molar-refractivity contribution in [3.63, 3.8) is 0 Å². The van der Waals surface area contributed by atoms with Gasteiger partial charge in [-0.15, -0.1) is 0 Å². The van der Waals surface area contributed by atoms with E-state index in [-0.39, 0.29) is 17.3 Å². The number of phenols is 1. The van der Waals surface area contributed by atoms with Gasteiger partial charge in [-0.05, 0) is 53.9 Å². The van der Waals surface area contributed by atoms with Gasteiger partial charge in [0, 0.05) is 30.6 Å². The summed E-state index contributed by atoms with van der Waals surface area (Å²) in [5.41, 5.74) is 3.97. The number of rotatable bonds is 6. The number of ketones is 1. The first-order chi connectivity index (χ1) is 15.6. The molecular weight excluding hydrogens is 410 g/mol. The van der Waals surface area contributed by atoms with Gasteiger partial charge in [0.2, 0.25) is 5.78 Å². The molecule has 164 valence electrons. The Morgan fingerprint density at radius 3 is 2.59 bits per heavy atom. The van der Waals surface area contributed by atoms with Crippen molar-refractivity contribution in [3.05, 3.63) is 76.9 Å². The predicted molar refractivity (Wildman–Crippen MR) is 117 cm³/mol. The van der Waals surface area contributed by atoms with Crippen molar-refractivity contribution in [1.82, 2.24) is 4.90 Å². The first-order valence-electron chi connectivity index (χ1n) is 10.4. The molecule has 2 aromatic carbocycles. The maximum atomic E-state index is 13.0. The number of carbonyl (C=O) groups is 1. The second kappa shape index (κ2) is 8.09. The molecule has 2 aromatic heterocycles. The number of nitrogens with zero attached hydrogens (tertiary/aromatic N) is 1. The maximum Gasteiger partial charge on any atom is 0.232 e. The fourth-order valence-electron chi connectivity index (χ4n) is 4.36. The lowest BCUT2D eigenvalue weighted by molar-refractivity contribution is 0.101. The molecule has 5 rings (SSSR count). The van der Waals surface area contributed by atoms with Crippen molar-refractivity contribution in [1.29, 1.82) is 0 Å². The summed E-state index contributed by atoms with van der Waals surface area (Å²) in [5, 5.41) is 11.3. The molecule has 1 aliphatic rings. The maximum absolute atomic E-state index is 13.0. The van der Waals surface area contributed by atoms with Crippen LogP contribution >= 0.6 is 0 Å². The Labute approximate surface area is 184 Å². The minimum atomic E-state index is -0.276. The average molecular weight is 433 g/mol. The zero-order chi connectivity index (χ0) is 22.2. The summed E-state index contributed by atoms with van der Waals surface area (Å²) >= 11 is 0. The molecule has 0 spiro atoms. The molecule has 32 heavy (non-hydrogen) atoms. The van der Waals surface area contributed by atoms with E-state index < -0.39 is 0 Å². The van der Waals surface area contributed by atoms with Crippen LogP contribution in [0.1, 0.15) is 32.8 Å². The Morgan fingerprint density at radius 2 is 1.88 bits per heavy atom. The van der Waals surface area contributed by atoms with Crippen molar-refractivity contribution in [3.8, 4) is 17.2 Å². The van der Waals surface area contributed by atoms with Crippen LogP contribution in [0.2, 0.25) is 0 Å². The van der Waals surface area contributed by atoms with Crippen LogP contribution in [0.4, 0.5) is 0 Å². The number of fused-ring (bicyclic) bond motifs is 2. The first-order valence-corrected chi connectivity index (χ1v) is 10.4. The predicted octanol–water partition coefficient (Wildman–Crippen LogP) is 4.54. The quantitative estimate of drug-likeness (QED) is 0.447. The Hall–Kier alpha value is -3.71. The highest BCUT2D eigenvalue weighted by molar-refractivity contribution is 6.15. The number of benzene rings is 2. The van der Waals surface area contributed by atoms with E-state index >= 15 is 0 Å². The molecule has 1 N–H and O–H groups in total. The SMILES string of the molecule is COc1cc2c(cc1OC)CN(Cc1c(O)ccc3occ(C(=O)c4ccco4)c13)CC2. The molecule has 0 amide bonds. The Balaban J connectivity index is 1.49. The monoisotopic (exact) mass is 433 g/mol. The van der Waals surface area contributed by atoms with E-state index in [1.54, 1.807) is 38.5 Å². The van der Waals surface area contributed by atoms with Crippen LogP contribution in [0.3, 0.4) is 0 Å². The molecule has 0 atom stereocenters. The Morgan fingerprint density at radius 1 is 1.09 bits per heavy atom. The molecule has 0 unspecified atom stereocenters. The van der Waals surface area contributed by atoms with Crippen molar-refractivity contribution in [2.24, 2.45) is 0 Å². The second-order valence-electron chi connectivity index (χ2n) is 7.83. The first kappa shape index (κ1) is 20.2. The van der Waals surface area contributed by atoms with Crippen LogP contribution in [0, 0.1) is 0 Å². The van der Waals surface area contributed by atoms with Crippen LogP contribution in [-0.2, 0) is 19.5 Å². The summed E-state index contributed by atoms with van der Waals surface area (Å²) in [5.74, 6) is 1.50. The van der Waals surface area contributed by atoms with E-state index in [1.165, 1.54) is 18.1 Å². The Kier molecular flexibility index (Phi) is 5.11. The van der Waals surface area contributed by atoms with Crippen molar-refractivity contribution in [2.45, 2.75) is 19.5 Å². The topological polar surface area (TPSA) is 85.3 Å². The minimum absolute atomic E-state index is 0.130. The van der Waals surface area contributed by atoms with E-state index in [0.29, 0.717) is 40.9 Å². The highest BCUT2D eigenvalue weighted by atomic mass is 16.5. The molecule has 4 aromatic rings. The van der Waals surface area contributed by atoms with Gasteiger partial charge in [-0.1, -0.05) is 0 Å². The van der Waals surface area contributed by atoms with Crippen LogP contribution < -0.4 is 9.47 Å². The number of furan rings is 2. The second-order valence-corrected chi connectivity index (χ2v) is 7.83. The smallest absolute Gasteiger partial charge is 0.232 e. The lowest BCUT2D eigenvalue weighted by Gasteiger charge is -2.30. The number of ether oxygens (including phenoxy) is 2. The summed E-state index contributed by atoms with van der Waals surface area (Å²) < 4.78 is 21.8. The van der Waals surface area contributed by atoms with Gasteiger partial charge in [0.25, 0.3) is 0 Å². The number of hydrogen-bond donors (Lipinski definition) is 1. The molecule has 0 bridgehead atoms. The third-order valence-electron chi connectivity index (χ3n) is 5.99. The van der Waals surface area contributed by atoms with Crippen LogP contribution in [-0.4, -0.2) is 36.6 Å². The van der Waals surface area contributed by atoms with Gasteiger partial charge >= 0.3 is 0 Å². The molecule has 0 radical (unpaired) electrons. The van der Waals surface area contributed by atoms with Crippen LogP contribution in [0.5, 0.6) is 17.2 Å². The number of methoxy groups -OCH3 is 2. The molecule has 0 saturated heterocycles. The van der Waals surface area contributed by atoms with Crippen LogP contribution in [0.25, 0.3) is 11.0 Å². The lowest BCUT2D eigenvalue weighted by atomic mass is 9.97. The molecule has 0 fully saturated rings. The third kappa shape index (κ3) is 3.40. The fraction of sp³-hybridized carbons (Fsp3) is 0.240. The van der Waals surface area contributed by atoms with Crippen LogP contribution in [0.15, 0.2) is 57.8 Å². The van der Waals surface area contributed by atoms with Gasteiger partial charge < -0.3 is 23.4 Å². The zero-order valence-electron chi connectivity index (χ0n) is 17.9. The van der Waals surface area contributed by atoms with Crippen molar-refractivity contribution >= 4 is 16.8 Å². The molecular formula is C25H23NO6. The Bertz CT molecular complexity index is 1290. The van der Waals surface area contributed by atoms with E-state index in [9.17, 15) is 9.90 Å². The van der Waals surface area contributed by atoms with E-state index in [0.717, 1.165) is 24.3 Å². The van der Waals surface area contributed by atoms with E-state index in [1.807, 2.05) is 12.1 Å². The molecule has 1 aliphatic heterocycles. The lowest BCUT2D eigenvalue weighted by Crippen LogP contribution is -2.30. The highest BCUT2D eigenvalue weighted by Crippen LogP contribution is 2.36. The van der Waals surface area contributed by atoms with Gasteiger partial charge in [0.05, 0.1) is 26.0 Å². The van der Waals surface area contributed by atoms with Gasteiger partial charge in [-0.25, -0.2) is 0 Å². The normalized spacial score (nSPS) is 13.8. The van der Waals surface area contributed by atoms with E-state index in [2.05, 4.69) is 4.90 Å². The molecule has 7 nitrogen and oxygen atoms in total. The highest BCUT2D eigenvalue weighted by Gasteiger charge is 2.25. The number of hydrogen-bond acceptors (Lipinski definition) is 7. The fourth-order valence-corrected chi connectivity index (χ4v) is 4.36. The molecule has 0 saturated carbocycles. The number of aromatic hydroxyl groups is 1. The third-order valence-corrected chi connectivity index (χ3v) is 5.99. The van der Waals surface area contributed by atoms with Gasteiger partial charge in [0.1, 0.15) is 17.6 Å². The number of phenolic OH excluding ortho intramolecular Hbond substituents is 1. The molecule has 7 heteroatoms. The summed E-state index contributed by atoms with van der Waals surface area (Å²) in [6, 6.07) is 10.6. The van der Waals surface area contributed by atoms with Gasteiger partial charge in [-0.3, -0.25) is 9.69 Å². The summed E-state index contributed by atoms with van der Waals surface area (Å²) in [7, 11) is 3.26. The number of carbonyl (C=O) groups excluding carboxylic acids is 1.